The lowest BCUT2D eigenvalue weighted by atomic mass is 10.1. The number of nitrogens with zero attached hydrogens (tertiary/aromatic N) is 2. The standard InChI is InChI=1S/C13H17N3O3/c1-16-9-11-3-2-10(8-12(11)15-16)13(18)14-4-6-19-7-5-17/h2-3,8-9,17H,4-7H2,1H3,(H,14,18). The Bertz CT molecular complexity index is 565. The van der Waals surface area contributed by atoms with E-state index in [-0.39, 0.29) is 19.1 Å². The van der Waals surface area contributed by atoms with Gasteiger partial charge in [0.1, 0.15) is 0 Å². The summed E-state index contributed by atoms with van der Waals surface area (Å²) < 4.78 is 6.78. The number of hydrogen-bond acceptors (Lipinski definition) is 4. The average Bonchev–Trinajstić information content (AvgIpc) is 2.77. The van der Waals surface area contributed by atoms with Crippen LogP contribution in [0.1, 0.15) is 10.4 Å². The molecule has 0 radical (unpaired) electrons. The van der Waals surface area contributed by atoms with Crippen molar-refractivity contribution < 1.29 is 14.6 Å². The molecule has 2 N–H and O–H groups in total. The molecule has 2 aromatic rings. The van der Waals surface area contributed by atoms with Gasteiger partial charge in [-0.3, -0.25) is 9.48 Å². The molecule has 0 saturated heterocycles. The summed E-state index contributed by atoms with van der Waals surface area (Å²) in [5.41, 5.74) is 1.38. The van der Waals surface area contributed by atoms with E-state index in [0.29, 0.717) is 18.7 Å². The summed E-state index contributed by atoms with van der Waals surface area (Å²) >= 11 is 0. The highest BCUT2D eigenvalue weighted by atomic mass is 16.5. The zero-order valence-electron chi connectivity index (χ0n) is 10.8. The van der Waals surface area contributed by atoms with E-state index >= 15 is 0 Å². The largest absolute Gasteiger partial charge is 0.394 e. The number of amides is 1. The van der Waals surface area contributed by atoms with E-state index in [1.807, 2.05) is 19.3 Å². The molecule has 0 aliphatic heterocycles. The lowest BCUT2D eigenvalue weighted by Crippen LogP contribution is -2.27. The summed E-state index contributed by atoms with van der Waals surface area (Å²) in [5, 5.41) is 16.5. The van der Waals surface area contributed by atoms with Crippen LogP contribution in [0.4, 0.5) is 0 Å². The molecule has 19 heavy (non-hydrogen) atoms. The van der Waals surface area contributed by atoms with Gasteiger partial charge in [-0.05, 0) is 12.1 Å². The average molecular weight is 263 g/mol. The molecule has 0 aliphatic rings. The van der Waals surface area contributed by atoms with Crippen LogP contribution in [0.15, 0.2) is 24.4 Å². The van der Waals surface area contributed by atoms with Crippen molar-refractivity contribution in [1.29, 1.82) is 0 Å². The highest BCUT2D eigenvalue weighted by Crippen LogP contribution is 2.13. The van der Waals surface area contributed by atoms with Gasteiger partial charge in [0, 0.05) is 30.7 Å². The summed E-state index contributed by atoms with van der Waals surface area (Å²) in [6.45, 7) is 1.08. The van der Waals surface area contributed by atoms with E-state index in [2.05, 4.69) is 10.4 Å². The summed E-state index contributed by atoms with van der Waals surface area (Å²) in [4.78, 5) is 11.9. The first-order chi connectivity index (χ1) is 9.20. The van der Waals surface area contributed by atoms with Crippen LogP contribution >= 0.6 is 0 Å². The van der Waals surface area contributed by atoms with E-state index in [1.54, 1.807) is 16.8 Å². The van der Waals surface area contributed by atoms with Gasteiger partial charge in [-0.2, -0.15) is 5.10 Å². The highest BCUT2D eigenvalue weighted by Gasteiger charge is 2.07. The molecule has 1 aromatic heterocycles. The second-order valence-corrected chi connectivity index (χ2v) is 4.17. The van der Waals surface area contributed by atoms with Crippen LogP contribution in [0, 0.1) is 0 Å². The van der Waals surface area contributed by atoms with E-state index in [1.165, 1.54) is 0 Å². The molecular weight excluding hydrogens is 246 g/mol. The van der Waals surface area contributed by atoms with Crippen molar-refractivity contribution in [3.8, 4) is 0 Å². The Labute approximate surface area is 111 Å². The van der Waals surface area contributed by atoms with Gasteiger partial charge in [0.25, 0.3) is 5.91 Å². The number of aromatic nitrogens is 2. The zero-order valence-corrected chi connectivity index (χ0v) is 10.8. The molecule has 1 heterocycles. The Kier molecular flexibility index (Phi) is 4.48. The molecule has 0 spiro atoms. The van der Waals surface area contributed by atoms with Gasteiger partial charge in [0.2, 0.25) is 0 Å². The van der Waals surface area contributed by atoms with Crippen LogP contribution in [0.2, 0.25) is 0 Å². The van der Waals surface area contributed by atoms with Crippen molar-refractivity contribution in [1.82, 2.24) is 15.1 Å². The summed E-state index contributed by atoms with van der Waals surface area (Å²) in [7, 11) is 1.85. The third-order valence-corrected chi connectivity index (χ3v) is 2.65. The van der Waals surface area contributed by atoms with Crippen LogP contribution in [0.5, 0.6) is 0 Å². The number of ether oxygens (including phenoxy) is 1. The Hall–Kier alpha value is -1.92. The van der Waals surface area contributed by atoms with E-state index in [4.69, 9.17) is 9.84 Å². The number of hydrogen-bond donors (Lipinski definition) is 2. The number of aryl methyl sites for hydroxylation is 1. The number of aliphatic hydroxyl groups excluding tert-OH is 1. The third kappa shape index (κ3) is 3.52. The molecule has 102 valence electrons. The van der Waals surface area contributed by atoms with Crippen molar-refractivity contribution in [3.05, 3.63) is 30.0 Å². The maximum Gasteiger partial charge on any atom is 0.251 e. The smallest absolute Gasteiger partial charge is 0.251 e. The van der Waals surface area contributed by atoms with Crippen LogP contribution in [-0.4, -0.2) is 47.2 Å². The second-order valence-electron chi connectivity index (χ2n) is 4.17. The quantitative estimate of drug-likeness (QED) is 0.736. The van der Waals surface area contributed by atoms with Crippen molar-refractivity contribution in [2.45, 2.75) is 0 Å². The zero-order chi connectivity index (χ0) is 13.7. The molecule has 0 unspecified atom stereocenters. The fourth-order valence-corrected chi connectivity index (χ4v) is 1.79. The number of carbonyl (C=O) groups excluding carboxylic acids is 1. The van der Waals surface area contributed by atoms with Crippen LogP contribution in [0.3, 0.4) is 0 Å². The number of rotatable bonds is 6. The summed E-state index contributed by atoms with van der Waals surface area (Å²) in [6, 6.07) is 5.41. The number of benzene rings is 1. The Morgan fingerprint density at radius 3 is 3.11 bits per heavy atom. The fourth-order valence-electron chi connectivity index (χ4n) is 1.79. The molecule has 0 fully saturated rings. The molecular formula is C13H17N3O3. The Morgan fingerprint density at radius 1 is 1.47 bits per heavy atom. The van der Waals surface area contributed by atoms with Crippen LogP contribution in [0.25, 0.3) is 10.9 Å². The number of nitrogens with one attached hydrogen (secondary N) is 1. The number of carbonyl (C=O) groups is 1. The number of fused-ring (bicyclic) bond motifs is 1. The molecule has 6 heteroatoms. The van der Waals surface area contributed by atoms with E-state index < -0.39 is 0 Å². The van der Waals surface area contributed by atoms with Gasteiger partial charge in [-0.25, -0.2) is 0 Å². The fraction of sp³-hybridized carbons (Fsp3) is 0.385. The highest BCUT2D eigenvalue weighted by molar-refractivity contribution is 5.97. The van der Waals surface area contributed by atoms with Gasteiger partial charge in [0.15, 0.2) is 0 Å². The first-order valence-electron chi connectivity index (χ1n) is 6.11. The van der Waals surface area contributed by atoms with E-state index in [0.717, 1.165) is 10.9 Å². The first-order valence-corrected chi connectivity index (χ1v) is 6.11. The second kappa shape index (κ2) is 6.31. The normalized spacial score (nSPS) is 10.8. The van der Waals surface area contributed by atoms with E-state index in [9.17, 15) is 4.79 Å². The van der Waals surface area contributed by atoms with Crippen LogP contribution in [-0.2, 0) is 11.8 Å². The summed E-state index contributed by atoms with van der Waals surface area (Å²) in [6.07, 6.45) is 1.90. The molecule has 0 atom stereocenters. The lowest BCUT2D eigenvalue weighted by molar-refractivity contribution is 0.0838. The Balaban J connectivity index is 1.93. The minimum atomic E-state index is -0.153. The Morgan fingerprint density at radius 2 is 2.32 bits per heavy atom. The molecule has 2 rings (SSSR count). The predicted octanol–water partition coefficient (Wildman–Crippen LogP) is 0.312. The minimum Gasteiger partial charge on any atom is -0.394 e. The SMILES string of the molecule is Cn1cc2ccc(C(=O)NCCOCCO)cc2n1. The molecule has 6 nitrogen and oxygen atoms in total. The number of aliphatic hydroxyl groups is 1. The van der Waals surface area contributed by atoms with Gasteiger partial charge in [-0.1, -0.05) is 6.07 Å². The minimum absolute atomic E-state index is 0.00963. The molecule has 0 aliphatic carbocycles. The van der Waals surface area contributed by atoms with Crippen molar-refractivity contribution in [2.24, 2.45) is 7.05 Å². The molecule has 1 aromatic carbocycles. The first kappa shape index (κ1) is 13.5. The maximum absolute atomic E-state index is 11.9. The topological polar surface area (TPSA) is 76.4 Å². The summed E-state index contributed by atoms with van der Waals surface area (Å²) in [5.74, 6) is -0.153. The van der Waals surface area contributed by atoms with Crippen LogP contribution < -0.4 is 5.32 Å². The molecule has 0 saturated carbocycles. The van der Waals surface area contributed by atoms with Gasteiger partial charge in [-0.15, -0.1) is 0 Å². The van der Waals surface area contributed by atoms with Crippen molar-refractivity contribution in [3.63, 3.8) is 0 Å². The van der Waals surface area contributed by atoms with Crippen molar-refractivity contribution in [2.75, 3.05) is 26.4 Å². The maximum atomic E-state index is 11.9. The van der Waals surface area contributed by atoms with Gasteiger partial charge >= 0.3 is 0 Å². The molecule has 1 amide bonds. The van der Waals surface area contributed by atoms with Gasteiger partial charge < -0.3 is 15.2 Å². The predicted molar refractivity (Wildman–Crippen MR) is 71.0 cm³/mol. The van der Waals surface area contributed by atoms with Crippen molar-refractivity contribution >= 4 is 16.8 Å². The van der Waals surface area contributed by atoms with Gasteiger partial charge in [0.05, 0.1) is 25.3 Å². The molecule has 0 bridgehead atoms. The monoisotopic (exact) mass is 263 g/mol. The third-order valence-electron chi connectivity index (χ3n) is 2.65. The lowest BCUT2D eigenvalue weighted by Gasteiger charge is -2.05.